The Hall–Kier alpha value is -1.36. The third-order valence-electron chi connectivity index (χ3n) is 2.64. The largest absolute Gasteiger partial charge is 0.462 e. The first-order valence-electron chi connectivity index (χ1n) is 4.72. The fraction of sp³-hybridized carbons (Fsp3) is 0.400. The number of rotatable bonds is 0. The minimum atomic E-state index is -0.296. The molecule has 0 unspecified atom stereocenters. The van der Waals surface area contributed by atoms with Crippen LogP contribution in [0.4, 0.5) is 0 Å². The van der Waals surface area contributed by atoms with Crippen LogP contribution in [0.2, 0.25) is 0 Å². The van der Waals surface area contributed by atoms with Gasteiger partial charge in [0.2, 0.25) is 0 Å². The van der Waals surface area contributed by atoms with E-state index in [1.807, 2.05) is 24.6 Å². The summed E-state index contributed by atoms with van der Waals surface area (Å²) in [5.41, 5.74) is 0.433. The quantitative estimate of drug-likeness (QED) is 0.680. The highest BCUT2D eigenvalue weighted by Gasteiger charge is 2.34. The summed E-state index contributed by atoms with van der Waals surface area (Å²) in [5.74, 6) is 0. The third-order valence-corrected chi connectivity index (χ3v) is 3.37. The van der Waals surface area contributed by atoms with Crippen LogP contribution >= 0.6 is 11.3 Å². The molecule has 0 aromatic carbocycles. The lowest BCUT2D eigenvalue weighted by molar-refractivity contribution is 0.267. The first kappa shape index (κ1) is 8.91. The predicted molar refractivity (Wildman–Crippen MR) is 58.7 cm³/mol. The van der Waals surface area contributed by atoms with Gasteiger partial charge in [0.05, 0.1) is 16.4 Å². The van der Waals surface area contributed by atoms with E-state index in [2.05, 4.69) is 4.98 Å². The Morgan fingerprint density at radius 2 is 2.33 bits per heavy atom. The van der Waals surface area contributed by atoms with Gasteiger partial charge in [-0.1, -0.05) is 0 Å². The van der Waals surface area contributed by atoms with Crippen LogP contribution in [0.5, 0.6) is 6.01 Å². The zero-order valence-corrected chi connectivity index (χ0v) is 9.30. The van der Waals surface area contributed by atoms with Gasteiger partial charge in [0.1, 0.15) is 6.61 Å². The van der Waals surface area contributed by atoms with Crippen molar-refractivity contribution in [2.45, 2.75) is 19.4 Å². The highest BCUT2D eigenvalue weighted by atomic mass is 32.1. The van der Waals surface area contributed by atoms with Crippen molar-refractivity contribution in [2.75, 3.05) is 6.61 Å². The van der Waals surface area contributed by atoms with Gasteiger partial charge in [-0.05, 0) is 13.8 Å². The Kier molecular flexibility index (Phi) is 1.55. The second kappa shape index (κ2) is 2.61. The summed E-state index contributed by atoms with van der Waals surface area (Å²) in [6.45, 7) is 4.46. The molecule has 15 heavy (non-hydrogen) atoms. The number of thiophene rings is 1. The van der Waals surface area contributed by atoms with Crippen molar-refractivity contribution in [3.8, 4) is 6.01 Å². The molecule has 2 aromatic heterocycles. The van der Waals surface area contributed by atoms with Crippen molar-refractivity contribution in [3.63, 3.8) is 0 Å². The summed E-state index contributed by atoms with van der Waals surface area (Å²) in [4.78, 5) is 16.5. The van der Waals surface area contributed by atoms with E-state index in [0.717, 1.165) is 5.52 Å². The monoisotopic (exact) mass is 222 g/mol. The minimum Gasteiger partial charge on any atom is -0.462 e. The number of fused-ring (bicyclic) bond motifs is 2. The summed E-state index contributed by atoms with van der Waals surface area (Å²) in [6, 6.07) is 0.441. The van der Waals surface area contributed by atoms with Crippen molar-refractivity contribution in [1.29, 1.82) is 0 Å². The summed E-state index contributed by atoms with van der Waals surface area (Å²) in [5, 5.41) is 4.39. The molecule has 4 nitrogen and oxygen atoms in total. The molecule has 0 atom stereocenters. The van der Waals surface area contributed by atoms with E-state index in [-0.39, 0.29) is 11.1 Å². The van der Waals surface area contributed by atoms with E-state index in [9.17, 15) is 4.79 Å². The van der Waals surface area contributed by atoms with E-state index >= 15 is 0 Å². The molecule has 1 aliphatic heterocycles. The van der Waals surface area contributed by atoms with Gasteiger partial charge in [-0.15, -0.1) is 11.3 Å². The normalized spacial score (nSPS) is 17.7. The topological polar surface area (TPSA) is 44.1 Å². The second-order valence-electron chi connectivity index (χ2n) is 4.31. The van der Waals surface area contributed by atoms with Crippen molar-refractivity contribution >= 4 is 22.2 Å². The van der Waals surface area contributed by atoms with E-state index in [0.29, 0.717) is 18.0 Å². The Labute approximate surface area is 90.1 Å². The summed E-state index contributed by atoms with van der Waals surface area (Å²) < 4.78 is 7.07. The van der Waals surface area contributed by atoms with Gasteiger partial charge in [-0.3, -0.25) is 9.36 Å². The maximum absolute atomic E-state index is 12.1. The molecule has 5 heteroatoms. The fourth-order valence-corrected chi connectivity index (χ4v) is 2.57. The average molecular weight is 222 g/mol. The van der Waals surface area contributed by atoms with E-state index in [4.69, 9.17) is 4.74 Å². The molecule has 0 amide bonds. The molecule has 0 spiro atoms. The number of ether oxygens (including phenoxy) is 1. The smallest absolute Gasteiger partial charge is 0.300 e. The molecular formula is C10H10N2O2S. The first-order valence-corrected chi connectivity index (χ1v) is 5.66. The molecule has 1 aliphatic rings. The summed E-state index contributed by atoms with van der Waals surface area (Å²) in [6.07, 6.45) is 0. The van der Waals surface area contributed by atoms with Crippen molar-refractivity contribution in [1.82, 2.24) is 9.55 Å². The van der Waals surface area contributed by atoms with Crippen LogP contribution in [0.3, 0.4) is 0 Å². The molecule has 0 radical (unpaired) electrons. The van der Waals surface area contributed by atoms with Crippen LogP contribution in [-0.4, -0.2) is 16.2 Å². The highest BCUT2D eigenvalue weighted by molar-refractivity contribution is 7.09. The number of nitrogens with zero attached hydrogens (tertiary/aromatic N) is 2. The third kappa shape index (κ3) is 1.07. The van der Waals surface area contributed by atoms with Gasteiger partial charge in [0.25, 0.3) is 11.6 Å². The maximum atomic E-state index is 12.1. The molecule has 3 heterocycles. The van der Waals surface area contributed by atoms with Gasteiger partial charge >= 0.3 is 0 Å². The molecular weight excluding hydrogens is 212 g/mol. The molecule has 0 N–H and O–H groups in total. The van der Waals surface area contributed by atoms with Gasteiger partial charge in [0, 0.05) is 10.8 Å². The Morgan fingerprint density at radius 1 is 1.53 bits per heavy atom. The number of aromatic nitrogens is 2. The standard InChI is InChI=1S/C10H10N2O2S/c1-10(2)5-14-9-11-7-4-15-3-6(7)8(13)12(9)10/h3-4H,5H2,1-2H3. The lowest BCUT2D eigenvalue weighted by Gasteiger charge is -2.16. The minimum absolute atomic E-state index is 0.00116. The van der Waals surface area contributed by atoms with Crippen LogP contribution in [0.1, 0.15) is 13.8 Å². The molecule has 3 rings (SSSR count). The van der Waals surface area contributed by atoms with Crippen molar-refractivity contribution in [3.05, 3.63) is 21.1 Å². The lowest BCUT2D eigenvalue weighted by Crippen LogP contribution is -2.34. The molecule has 2 aromatic rings. The van der Waals surface area contributed by atoms with E-state index in [1.54, 1.807) is 4.57 Å². The zero-order valence-electron chi connectivity index (χ0n) is 8.48. The predicted octanol–water partition coefficient (Wildman–Crippen LogP) is 1.59. The van der Waals surface area contributed by atoms with Gasteiger partial charge in [0.15, 0.2) is 0 Å². The Balaban J connectivity index is 2.48. The van der Waals surface area contributed by atoms with Crippen LogP contribution in [-0.2, 0) is 5.54 Å². The van der Waals surface area contributed by atoms with Gasteiger partial charge < -0.3 is 4.74 Å². The Morgan fingerprint density at radius 3 is 3.13 bits per heavy atom. The van der Waals surface area contributed by atoms with Gasteiger partial charge in [-0.2, -0.15) is 4.98 Å². The van der Waals surface area contributed by atoms with Crippen molar-refractivity contribution in [2.24, 2.45) is 0 Å². The fourth-order valence-electron chi connectivity index (χ4n) is 1.83. The first-order chi connectivity index (χ1) is 7.09. The Bertz CT molecular complexity index is 597. The number of hydrogen-bond donors (Lipinski definition) is 0. The molecule has 0 saturated carbocycles. The van der Waals surface area contributed by atoms with E-state index in [1.165, 1.54) is 11.3 Å². The maximum Gasteiger partial charge on any atom is 0.300 e. The SMILES string of the molecule is CC1(C)COc2nc3cscc3c(=O)n21. The molecule has 0 bridgehead atoms. The molecule has 0 fully saturated rings. The van der Waals surface area contributed by atoms with E-state index < -0.39 is 0 Å². The van der Waals surface area contributed by atoms with Crippen LogP contribution in [0.15, 0.2) is 15.6 Å². The van der Waals surface area contributed by atoms with Crippen LogP contribution in [0, 0.1) is 0 Å². The average Bonchev–Trinajstić information content (AvgIpc) is 2.72. The zero-order chi connectivity index (χ0) is 10.6. The number of hydrogen-bond acceptors (Lipinski definition) is 4. The molecule has 0 aliphatic carbocycles. The summed E-state index contributed by atoms with van der Waals surface area (Å²) >= 11 is 1.49. The van der Waals surface area contributed by atoms with Gasteiger partial charge in [-0.25, -0.2) is 0 Å². The van der Waals surface area contributed by atoms with Crippen LogP contribution < -0.4 is 10.3 Å². The van der Waals surface area contributed by atoms with Crippen LogP contribution in [0.25, 0.3) is 10.9 Å². The summed E-state index contributed by atoms with van der Waals surface area (Å²) in [7, 11) is 0. The second-order valence-corrected chi connectivity index (χ2v) is 5.05. The molecule has 78 valence electrons. The lowest BCUT2D eigenvalue weighted by atomic mass is 10.1. The molecule has 0 saturated heterocycles. The highest BCUT2D eigenvalue weighted by Crippen LogP contribution is 2.28. The van der Waals surface area contributed by atoms with Crippen molar-refractivity contribution < 1.29 is 4.74 Å².